The Morgan fingerprint density at radius 3 is 1.74 bits per heavy atom. The van der Waals surface area contributed by atoms with Crippen LogP contribution in [0.5, 0.6) is 0 Å². The Kier molecular flexibility index (Phi) is 10.2. The van der Waals surface area contributed by atoms with E-state index in [0.29, 0.717) is 11.1 Å². The molecule has 5 rings (SSSR count). The predicted molar refractivity (Wildman–Crippen MR) is 150 cm³/mol. The fraction of sp³-hybridized carbons (Fsp3) is 0.531. The summed E-state index contributed by atoms with van der Waals surface area (Å²) >= 11 is 0. The molecule has 0 amide bonds. The average Bonchev–Trinajstić information content (AvgIpc) is 3.56. The summed E-state index contributed by atoms with van der Waals surface area (Å²) in [7, 11) is 1.41. The van der Waals surface area contributed by atoms with Gasteiger partial charge in [-0.2, -0.15) is 0 Å². The molecule has 42 heavy (non-hydrogen) atoms. The molecule has 3 fully saturated rings. The average molecular weight is 585 g/mol. The molecule has 3 aliphatic rings. The van der Waals surface area contributed by atoms with Gasteiger partial charge in [0.1, 0.15) is 30.5 Å². The zero-order valence-electron chi connectivity index (χ0n) is 25.1. The number of hydrogen-bond acceptors (Lipinski definition) is 10. The van der Waals surface area contributed by atoms with E-state index in [1.807, 2.05) is 52.0 Å². The van der Waals surface area contributed by atoms with Crippen LogP contribution in [0.25, 0.3) is 0 Å². The van der Waals surface area contributed by atoms with Crippen LogP contribution in [0.15, 0.2) is 60.7 Å². The van der Waals surface area contributed by atoms with E-state index in [-0.39, 0.29) is 41.9 Å². The second kappa shape index (κ2) is 13.4. The lowest BCUT2D eigenvalue weighted by Gasteiger charge is -2.27. The van der Waals surface area contributed by atoms with Crippen molar-refractivity contribution < 1.29 is 47.5 Å². The van der Waals surface area contributed by atoms with Gasteiger partial charge in [-0.05, 0) is 52.0 Å². The summed E-state index contributed by atoms with van der Waals surface area (Å²) in [4.78, 5) is 35.9. The number of benzene rings is 2. The SMILES string of the molecule is CC(OC(=O)c1ccccc1)[C@H]1O[C@@H]2OC(C)(C)O[C@@H]2[C@@H]1C.CO[C@H]1O[C@H](C(C)OC(=O)c2ccccc2)[C@@H](C)C1=O. The first-order valence-electron chi connectivity index (χ1n) is 14.2. The van der Waals surface area contributed by atoms with E-state index < -0.39 is 36.5 Å². The standard InChI is InChI=1S/C17H22O5.C15H18O5/c1-10-13(20-16-14(10)21-17(3,4)22-16)11(2)19-15(18)12-8-6-5-7-9-12;1-9-12(16)15(18-3)20-13(9)10(2)19-14(17)11-7-5-4-6-8-11/h5-11,13-14,16H,1-4H3;4-10,13,15H,1-3H3/t10-,11?,13+,14-,16-;9-,10?,13-,15-/m10/s1. The van der Waals surface area contributed by atoms with Gasteiger partial charge >= 0.3 is 11.9 Å². The van der Waals surface area contributed by atoms with Crippen molar-refractivity contribution in [2.24, 2.45) is 11.8 Å². The van der Waals surface area contributed by atoms with Crippen molar-refractivity contribution in [1.29, 1.82) is 0 Å². The van der Waals surface area contributed by atoms with Gasteiger partial charge in [-0.1, -0.05) is 50.2 Å². The molecular weight excluding hydrogens is 544 g/mol. The maximum absolute atomic E-state index is 12.1. The number of esters is 2. The van der Waals surface area contributed by atoms with Gasteiger partial charge in [0, 0.05) is 13.0 Å². The minimum absolute atomic E-state index is 0.0883. The number of methoxy groups -OCH3 is 1. The van der Waals surface area contributed by atoms with Crippen LogP contribution in [0, 0.1) is 11.8 Å². The summed E-state index contributed by atoms with van der Waals surface area (Å²) in [6.07, 6.45) is -3.01. The van der Waals surface area contributed by atoms with E-state index in [2.05, 4.69) is 0 Å². The molecule has 0 radical (unpaired) electrons. The zero-order valence-corrected chi connectivity index (χ0v) is 25.1. The number of hydrogen-bond donors (Lipinski definition) is 0. The molecule has 0 aliphatic carbocycles. The summed E-state index contributed by atoms with van der Waals surface area (Å²) in [6.45, 7) is 11.1. The first-order valence-corrected chi connectivity index (χ1v) is 14.2. The van der Waals surface area contributed by atoms with Gasteiger partial charge in [0.25, 0.3) is 0 Å². The molecule has 0 spiro atoms. The number of Topliss-reactive ketones (excluding diaryl/α,β-unsaturated/α-hetero) is 1. The molecule has 2 aromatic carbocycles. The van der Waals surface area contributed by atoms with Crippen molar-refractivity contribution in [2.45, 2.75) is 90.4 Å². The van der Waals surface area contributed by atoms with Gasteiger partial charge in [0.05, 0.1) is 17.0 Å². The van der Waals surface area contributed by atoms with E-state index in [9.17, 15) is 14.4 Å². The molecule has 0 saturated carbocycles. The zero-order chi connectivity index (χ0) is 30.6. The molecule has 9 atom stereocenters. The summed E-state index contributed by atoms with van der Waals surface area (Å²) in [6, 6.07) is 17.7. The molecule has 0 N–H and O–H groups in total. The molecule has 228 valence electrons. The Bertz CT molecular complexity index is 1220. The topological polar surface area (TPSA) is 116 Å². The highest BCUT2D eigenvalue weighted by molar-refractivity contribution is 5.90. The third-order valence-corrected chi connectivity index (χ3v) is 7.61. The van der Waals surface area contributed by atoms with Crippen LogP contribution < -0.4 is 0 Å². The van der Waals surface area contributed by atoms with Crippen LogP contribution in [0.4, 0.5) is 0 Å². The van der Waals surface area contributed by atoms with E-state index in [1.54, 1.807) is 50.2 Å². The van der Waals surface area contributed by atoms with Crippen LogP contribution in [0.1, 0.15) is 62.3 Å². The molecule has 3 saturated heterocycles. The number of ketones is 1. The third-order valence-electron chi connectivity index (χ3n) is 7.61. The first-order chi connectivity index (χ1) is 19.9. The van der Waals surface area contributed by atoms with Crippen molar-refractivity contribution in [1.82, 2.24) is 0 Å². The molecule has 0 aromatic heterocycles. The fourth-order valence-electron chi connectivity index (χ4n) is 5.37. The lowest BCUT2D eigenvalue weighted by Crippen LogP contribution is -2.36. The largest absolute Gasteiger partial charge is 0.456 e. The summed E-state index contributed by atoms with van der Waals surface area (Å²) in [5.74, 6) is -1.80. The van der Waals surface area contributed by atoms with Gasteiger partial charge in [-0.25, -0.2) is 9.59 Å². The quantitative estimate of drug-likeness (QED) is 0.429. The van der Waals surface area contributed by atoms with E-state index in [1.165, 1.54) is 7.11 Å². The fourth-order valence-corrected chi connectivity index (χ4v) is 5.37. The van der Waals surface area contributed by atoms with Crippen LogP contribution in [0.3, 0.4) is 0 Å². The van der Waals surface area contributed by atoms with Crippen molar-refractivity contribution in [2.75, 3.05) is 7.11 Å². The van der Waals surface area contributed by atoms with Gasteiger partial charge in [-0.15, -0.1) is 0 Å². The van der Waals surface area contributed by atoms with Gasteiger partial charge < -0.3 is 33.2 Å². The minimum atomic E-state index is -0.868. The molecule has 3 heterocycles. The monoisotopic (exact) mass is 584 g/mol. The summed E-state index contributed by atoms with van der Waals surface area (Å²) in [5.41, 5.74) is 1.01. The third kappa shape index (κ3) is 7.25. The van der Waals surface area contributed by atoms with Crippen molar-refractivity contribution in [3.63, 3.8) is 0 Å². The van der Waals surface area contributed by atoms with Crippen molar-refractivity contribution >= 4 is 17.7 Å². The number of rotatable bonds is 7. The first kappa shape index (κ1) is 31.8. The Morgan fingerprint density at radius 2 is 1.29 bits per heavy atom. The second-order valence-corrected chi connectivity index (χ2v) is 11.2. The highest BCUT2D eigenvalue weighted by atomic mass is 16.8. The van der Waals surface area contributed by atoms with Gasteiger partial charge in [-0.3, -0.25) is 4.79 Å². The predicted octanol–water partition coefficient (Wildman–Crippen LogP) is 4.55. The van der Waals surface area contributed by atoms with Crippen LogP contribution in [0.2, 0.25) is 0 Å². The van der Waals surface area contributed by atoms with Crippen LogP contribution >= 0.6 is 0 Å². The Hall–Kier alpha value is -3.15. The van der Waals surface area contributed by atoms with Crippen molar-refractivity contribution in [3.8, 4) is 0 Å². The lowest BCUT2D eigenvalue weighted by atomic mass is 9.97. The number of carbonyl (C=O) groups is 3. The normalized spacial score (nSPS) is 30.9. The number of carbonyl (C=O) groups excluding carboxylic acids is 3. The highest BCUT2D eigenvalue weighted by Gasteiger charge is 2.54. The molecule has 0 bridgehead atoms. The van der Waals surface area contributed by atoms with Crippen LogP contribution in [-0.4, -0.2) is 73.7 Å². The van der Waals surface area contributed by atoms with Crippen molar-refractivity contribution in [3.05, 3.63) is 71.8 Å². The molecule has 10 nitrogen and oxygen atoms in total. The summed E-state index contributed by atoms with van der Waals surface area (Å²) < 4.78 is 38.8. The van der Waals surface area contributed by atoms with Gasteiger partial charge in [0.15, 0.2) is 17.9 Å². The number of fused-ring (bicyclic) bond motifs is 1. The molecule has 10 heteroatoms. The highest BCUT2D eigenvalue weighted by Crippen LogP contribution is 2.41. The van der Waals surface area contributed by atoms with E-state index >= 15 is 0 Å². The molecule has 3 aliphatic heterocycles. The molecular formula is C32H40O10. The maximum Gasteiger partial charge on any atom is 0.338 e. The smallest absolute Gasteiger partial charge is 0.338 e. The van der Waals surface area contributed by atoms with E-state index in [4.69, 9.17) is 33.2 Å². The molecule has 2 aromatic rings. The Morgan fingerprint density at radius 1 is 0.786 bits per heavy atom. The lowest BCUT2D eigenvalue weighted by molar-refractivity contribution is -0.218. The minimum Gasteiger partial charge on any atom is -0.456 e. The Labute approximate surface area is 246 Å². The second-order valence-electron chi connectivity index (χ2n) is 11.2. The van der Waals surface area contributed by atoms with Gasteiger partial charge in [0.2, 0.25) is 6.29 Å². The molecule has 2 unspecified atom stereocenters. The summed E-state index contributed by atoms with van der Waals surface area (Å²) in [5, 5.41) is 0. The van der Waals surface area contributed by atoms with Crippen LogP contribution in [-0.2, 0) is 38.0 Å². The Balaban J connectivity index is 0.000000194. The van der Waals surface area contributed by atoms with E-state index in [0.717, 1.165) is 0 Å². The maximum atomic E-state index is 12.1. The number of ether oxygens (including phenoxy) is 7.